The molecule has 0 aromatic carbocycles. The van der Waals surface area contributed by atoms with E-state index in [1.54, 1.807) is 0 Å². The van der Waals surface area contributed by atoms with Gasteiger partial charge in [0.05, 0.1) is 0 Å². The van der Waals surface area contributed by atoms with Gasteiger partial charge in [0.25, 0.3) is 0 Å². The van der Waals surface area contributed by atoms with Gasteiger partial charge in [0.1, 0.15) is 0 Å². The van der Waals surface area contributed by atoms with Gasteiger partial charge in [0, 0.05) is 0 Å². The van der Waals surface area contributed by atoms with E-state index in [-0.39, 0.29) is 0 Å². The third-order valence-corrected chi connectivity index (χ3v) is 1.35. The summed E-state index contributed by atoms with van der Waals surface area (Å²) in [7, 11) is 0. The highest BCUT2D eigenvalue weighted by molar-refractivity contribution is 5.25. The second kappa shape index (κ2) is 2.15. The van der Waals surface area contributed by atoms with Gasteiger partial charge in [-0.3, -0.25) is 0 Å². The van der Waals surface area contributed by atoms with Crippen LogP contribution in [0.25, 0.3) is 0 Å². The Bertz CT molecular complexity index is 207. The fraction of sp³-hybridized carbons (Fsp3) is 0.600. The van der Waals surface area contributed by atoms with Crippen molar-refractivity contribution in [2.24, 2.45) is 0 Å². The molecule has 0 amide bonds. The molecular formula is C5H2F6. The van der Waals surface area contributed by atoms with Crippen molar-refractivity contribution < 1.29 is 26.3 Å². The molecule has 0 aromatic rings. The molecule has 0 radical (unpaired) electrons. The summed E-state index contributed by atoms with van der Waals surface area (Å²) in [6.07, 6.45) is -6.62. The van der Waals surface area contributed by atoms with Crippen LogP contribution in [0, 0.1) is 0 Å². The Kier molecular flexibility index (Phi) is 1.65. The molecule has 0 aromatic heterocycles. The summed E-state index contributed by atoms with van der Waals surface area (Å²) in [6, 6.07) is 0. The molecule has 0 spiro atoms. The lowest BCUT2D eigenvalue weighted by Gasteiger charge is -2.10. The molecule has 1 aliphatic rings. The van der Waals surface area contributed by atoms with Gasteiger partial charge in [-0.05, 0) is 0 Å². The number of alkyl halides is 4. The van der Waals surface area contributed by atoms with Crippen molar-refractivity contribution in [1.82, 2.24) is 0 Å². The minimum atomic E-state index is -4.65. The maximum Gasteiger partial charge on any atom is 0.335 e. The zero-order valence-corrected chi connectivity index (χ0v) is 4.92. The van der Waals surface area contributed by atoms with Crippen LogP contribution < -0.4 is 0 Å². The van der Waals surface area contributed by atoms with E-state index in [9.17, 15) is 26.3 Å². The number of allylic oxidation sites excluding steroid dienone is 2. The molecule has 64 valence electrons. The van der Waals surface area contributed by atoms with Crippen LogP contribution in [0.1, 0.15) is 0 Å². The number of halogens is 6. The summed E-state index contributed by atoms with van der Waals surface area (Å²) in [5.41, 5.74) is 0. The molecule has 6 heteroatoms. The molecule has 0 unspecified atom stereocenters. The molecular weight excluding hydrogens is 174 g/mol. The lowest BCUT2D eigenvalue weighted by Crippen LogP contribution is -2.30. The van der Waals surface area contributed by atoms with Gasteiger partial charge in [0.15, 0.2) is 12.0 Å². The SMILES string of the molecule is FC1=C(F)C(F)(F)[C@@H](F)[C@@H]1F. The highest BCUT2D eigenvalue weighted by Crippen LogP contribution is 2.44. The quantitative estimate of drug-likeness (QED) is 0.497. The van der Waals surface area contributed by atoms with Crippen molar-refractivity contribution in [3.05, 3.63) is 11.7 Å². The van der Waals surface area contributed by atoms with Crippen LogP contribution in [0.2, 0.25) is 0 Å². The molecule has 0 saturated heterocycles. The van der Waals surface area contributed by atoms with E-state index in [0.29, 0.717) is 0 Å². The summed E-state index contributed by atoms with van der Waals surface area (Å²) in [5.74, 6) is -9.64. The molecule has 1 aliphatic carbocycles. The first-order valence-electron chi connectivity index (χ1n) is 2.60. The Morgan fingerprint density at radius 2 is 1.55 bits per heavy atom. The van der Waals surface area contributed by atoms with Gasteiger partial charge in [-0.2, -0.15) is 8.78 Å². The Morgan fingerprint density at radius 3 is 1.64 bits per heavy atom. The summed E-state index contributed by atoms with van der Waals surface area (Å²) in [5, 5.41) is 0. The van der Waals surface area contributed by atoms with Crippen LogP contribution in [-0.4, -0.2) is 18.3 Å². The molecule has 0 heterocycles. The van der Waals surface area contributed by atoms with Crippen molar-refractivity contribution in [2.45, 2.75) is 18.3 Å². The summed E-state index contributed by atoms with van der Waals surface area (Å²) in [4.78, 5) is 0. The largest absolute Gasteiger partial charge is 0.335 e. The van der Waals surface area contributed by atoms with E-state index in [2.05, 4.69) is 0 Å². The second-order valence-electron chi connectivity index (χ2n) is 2.09. The van der Waals surface area contributed by atoms with E-state index in [4.69, 9.17) is 0 Å². The minimum Gasteiger partial charge on any atom is -0.237 e. The highest BCUT2D eigenvalue weighted by atomic mass is 19.3. The van der Waals surface area contributed by atoms with Crippen LogP contribution in [0.15, 0.2) is 11.7 Å². The topological polar surface area (TPSA) is 0 Å². The van der Waals surface area contributed by atoms with Crippen molar-refractivity contribution in [2.75, 3.05) is 0 Å². The average Bonchev–Trinajstić information content (AvgIpc) is 2.06. The van der Waals surface area contributed by atoms with Gasteiger partial charge < -0.3 is 0 Å². The second-order valence-corrected chi connectivity index (χ2v) is 2.09. The van der Waals surface area contributed by atoms with E-state index in [1.807, 2.05) is 0 Å². The van der Waals surface area contributed by atoms with Crippen LogP contribution >= 0.6 is 0 Å². The Morgan fingerprint density at radius 1 is 1.09 bits per heavy atom. The zero-order valence-electron chi connectivity index (χ0n) is 4.92. The van der Waals surface area contributed by atoms with E-state index >= 15 is 0 Å². The molecule has 11 heavy (non-hydrogen) atoms. The number of hydrogen-bond donors (Lipinski definition) is 0. The van der Waals surface area contributed by atoms with E-state index in [1.165, 1.54) is 0 Å². The zero-order chi connectivity index (χ0) is 8.81. The van der Waals surface area contributed by atoms with Gasteiger partial charge in [0.2, 0.25) is 12.0 Å². The number of hydrogen-bond acceptors (Lipinski definition) is 0. The summed E-state index contributed by atoms with van der Waals surface area (Å²) in [6.45, 7) is 0. The smallest absolute Gasteiger partial charge is 0.237 e. The van der Waals surface area contributed by atoms with Gasteiger partial charge in [-0.15, -0.1) is 0 Å². The van der Waals surface area contributed by atoms with Gasteiger partial charge >= 0.3 is 5.92 Å². The molecule has 1 rings (SSSR count). The van der Waals surface area contributed by atoms with Crippen LogP contribution in [0.4, 0.5) is 26.3 Å². The van der Waals surface area contributed by atoms with Crippen LogP contribution in [-0.2, 0) is 0 Å². The molecule has 0 fully saturated rings. The first-order valence-corrected chi connectivity index (χ1v) is 2.60. The lowest BCUT2D eigenvalue weighted by atomic mass is 10.2. The normalized spacial score (nSPS) is 36.5. The van der Waals surface area contributed by atoms with Crippen molar-refractivity contribution in [3.63, 3.8) is 0 Å². The minimum absolute atomic E-state index is 2.34. The standard InChI is InChI=1S/C5H2F6/c6-1-2(7)4(9)5(10,11)3(1)8/h1,3H/t1-,3+/m1/s1. The molecule has 0 saturated carbocycles. The van der Waals surface area contributed by atoms with Crippen LogP contribution in [0.3, 0.4) is 0 Å². The molecule has 0 nitrogen and oxygen atoms in total. The average molecular weight is 176 g/mol. The van der Waals surface area contributed by atoms with Crippen LogP contribution in [0.5, 0.6) is 0 Å². The van der Waals surface area contributed by atoms with Crippen molar-refractivity contribution in [1.29, 1.82) is 0 Å². The first kappa shape index (κ1) is 8.42. The maximum absolute atomic E-state index is 11.9. The fourth-order valence-corrected chi connectivity index (χ4v) is 0.714. The molecule has 2 atom stereocenters. The van der Waals surface area contributed by atoms with Gasteiger partial charge in [-0.1, -0.05) is 0 Å². The Balaban J connectivity index is 3.06. The van der Waals surface area contributed by atoms with Gasteiger partial charge in [-0.25, -0.2) is 17.6 Å². The maximum atomic E-state index is 11.9. The molecule has 0 N–H and O–H groups in total. The predicted octanol–water partition coefficient (Wildman–Crippen LogP) is 2.46. The molecule has 0 bridgehead atoms. The Hall–Kier alpha value is -0.680. The third kappa shape index (κ3) is 0.918. The molecule has 0 aliphatic heterocycles. The number of rotatable bonds is 0. The predicted molar refractivity (Wildman–Crippen MR) is 24.0 cm³/mol. The monoisotopic (exact) mass is 176 g/mol. The summed E-state index contributed by atoms with van der Waals surface area (Å²) >= 11 is 0. The summed E-state index contributed by atoms with van der Waals surface area (Å²) < 4.78 is 71.5. The third-order valence-electron chi connectivity index (χ3n) is 1.35. The highest BCUT2D eigenvalue weighted by Gasteiger charge is 2.59. The van der Waals surface area contributed by atoms with Crippen molar-refractivity contribution in [3.8, 4) is 0 Å². The van der Waals surface area contributed by atoms with Crippen molar-refractivity contribution >= 4 is 0 Å². The van der Waals surface area contributed by atoms with E-state index < -0.39 is 29.9 Å². The first-order chi connectivity index (χ1) is 4.89. The Labute approximate surface area is 57.5 Å². The van der Waals surface area contributed by atoms with E-state index in [0.717, 1.165) is 0 Å². The lowest BCUT2D eigenvalue weighted by molar-refractivity contribution is -0.0590. The fourth-order valence-electron chi connectivity index (χ4n) is 0.714.